The van der Waals surface area contributed by atoms with Crippen molar-refractivity contribution in [3.63, 3.8) is 0 Å². The van der Waals surface area contributed by atoms with Crippen molar-refractivity contribution in [1.82, 2.24) is 4.98 Å². The van der Waals surface area contributed by atoms with E-state index >= 15 is 0 Å². The molecule has 0 aliphatic carbocycles. The van der Waals surface area contributed by atoms with Crippen molar-refractivity contribution in [2.45, 2.75) is 20.5 Å². The quantitative estimate of drug-likeness (QED) is 0.674. The van der Waals surface area contributed by atoms with Crippen LogP contribution >= 0.6 is 0 Å². The van der Waals surface area contributed by atoms with Crippen LogP contribution in [0.25, 0.3) is 11.5 Å². The molecule has 4 nitrogen and oxygen atoms in total. The molecule has 0 bridgehead atoms. The van der Waals surface area contributed by atoms with Crippen LogP contribution in [0.3, 0.4) is 0 Å². The first kappa shape index (κ1) is 15.0. The molecular weight excluding hydrogens is 290 g/mol. The summed E-state index contributed by atoms with van der Waals surface area (Å²) in [6.45, 7) is 3.88. The van der Waals surface area contributed by atoms with E-state index < -0.39 is 0 Å². The lowest BCUT2D eigenvalue weighted by atomic mass is 10.1. The monoisotopic (exact) mass is 307 g/mol. The summed E-state index contributed by atoms with van der Waals surface area (Å²) >= 11 is 0. The van der Waals surface area contributed by atoms with Crippen LogP contribution in [0, 0.1) is 13.8 Å². The molecule has 0 fully saturated rings. The predicted octanol–water partition coefficient (Wildman–Crippen LogP) is 4.32. The number of carbonyl (C=O) groups is 1. The Morgan fingerprint density at radius 2 is 1.74 bits per heavy atom. The van der Waals surface area contributed by atoms with E-state index in [1.165, 1.54) is 0 Å². The zero-order valence-corrected chi connectivity index (χ0v) is 13.1. The van der Waals surface area contributed by atoms with E-state index in [0.717, 1.165) is 11.1 Å². The molecule has 0 radical (unpaired) electrons. The van der Waals surface area contributed by atoms with Gasteiger partial charge in [0.1, 0.15) is 18.1 Å². The molecule has 0 saturated heterocycles. The number of hydrogen-bond acceptors (Lipinski definition) is 4. The zero-order chi connectivity index (χ0) is 16.2. The fourth-order valence-electron chi connectivity index (χ4n) is 2.17. The molecule has 1 heterocycles. The Morgan fingerprint density at radius 3 is 2.43 bits per heavy atom. The normalized spacial score (nSPS) is 10.5. The van der Waals surface area contributed by atoms with Crippen molar-refractivity contribution in [1.29, 1.82) is 0 Å². The van der Waals surface area contributed by atoms with Crippen LogP contribution in [-0.4, -0.2) is 11.0 Å². The second-order valence-electron chi connectivity index (χ2n) is 5.33. The molecule has 0 saturated carbocycles. The number of nitrogens with zero attached hydrogens (tertiary/aromatic N) is 1. The standard InChI is InChI=1S/C19H17NO3/c1-13-8-10-16(11-9-13)19(21)22-12-17-14(2)23-18(20-17)15-6-4-3-5-7-15/h3-11H,12H2,1-2H3. The third-order valence-electron chi connectivity index (χ3n) is 3.54. The average Bonchev–Trinajstić information content (AvgIpc) is 2.95. The van der Waals surface area contributed by atoms with Gasteiger partial charge in [0.25, 0.3) is 0 Å². The zero-order valence-electron chi connectivity index (χ0n) is 13.1. The Morgan fingerprint density at radius 1 is 1.04 bits per heavy atom. The number of esters is 1. The van der Waals surface area contributed by atoms with Crippen LogP contribution in [0.5, 0.6) is 0 Å². The average molecular weight is 307 g/mol. The van der Waals surface area contributed by atoms with Gasteiger partial charge in [0, 0.05) is 5.56 Å². The van der Waals surface area contributed by atoms with Gasteiger partial charge in [-0.1, -0.05) is 35.9 Å². The number of hydrogen-bond donors (Lipinski definition) is 0. The number of benzene rings is 2. The van der Waals surface area contributed by atoms with Crippen molar-refractivity contribution in [3.8, 4) is 11.5 Å². The highest BCUT2D eigenvalue weighted by Crippen LogP contribution is 2.22. The van der Waals surface area contributed by atoms with E-state index in [4.69, 9.17) is 9.15 Å². The fourth-order valence-corrected chi connectivity index (χ4v) is 2.17. The van der Waals surface area contributed by atoms with Crippen molar-refractivity contribution < 1.29 is 13.9 Å². The van der Waals surface area contributed by atoms with Gasteiger partial charge in [-0.3, -0.25) is 0 Å². The van der Waals surface area contributed by atoms with Gasteiger partial charge >= 0.3 is 5.97 Å². The summed E-state index contributed by atoms with van der Waals surface area (Å²) in [4.78, 5) is 16.5. The van der Waals surface area contributed by atoms with Crippen LogP contribution < -0.4 is 0 Å². The highest BCUT2D eigenvalue weighted by atomic mass is 16.5. The molecular formula is C19H17NO3. The van der Waals surface area contributed by atoms with Gasteiger partial charge in [-0.25, -0.2) is 9.78 Å². The first-order chi connectivity index (χ1) is 11.1. The molecule has 0 unspecified atom stereocenters. The number of ether oxygens (including phenoxy) is 1. The maximum atomic E-state index is 12.0. The summed E-state index contributed by atoms with van der Waals surface area (Å²) < 4.78 is 11.0. The second kappa shape index (κ2) is 6.48. The van der Waals surface area contributed by atoms with E-state index in [2.05, 4.69) is 4.98 Å². The Balaban J connectivity index is 1.70. The molecule has 1 aromatic heterocycles. The Bertz CT molecular complexity index is 804. The molecule has 4 heteroatoms. The van der Waals surface area contributed by atoms with Crippen molar-refractivity contribution >= 4 is 5.97 Å². The van der Waals surface area contributed by atoms with Crippen LogP contribution in [0.2, 0.25) is 0 Å². The minimum Gasteiger partial charge on any atom is -0.455 e. The third-order valence-corrected chi connectivity index (χ3v) is 3.54. The SMILES string of the molecule is Cc1ccc(C(=O)OCc2nc(-c3ccccc3)oc2C)cc1. The van der Waals surface area contributed by atoms with Gasteiger partial charge in [-0.05, 0) is 38.1 Å². The Hall–Kier alpha value is -2.88. The van der Waals surface area contributed by atoms with Gasteiger partial charge in [0.05, 0.1) is 5.56 Å². The first-order valence-electron chi connectivity index (χ1n) is 7.39. The lowest BCUT2D eigenvalue weighted by molar-refractivity contribution is 0.0467. The van der Waals surface area contributed by atoms with Gasteiger partial charge < -0.3 is 9.15 Å². The minimum absolute atomic E-state index is 0.0921. The molecule has 3 rings (SSSR count). The molecule has 23 heavy (non-hydrogen) atoms. The van der Waals surface area contributed by atoms with Crippen molar-refractivity contribution in [3.05, 3.63) is 77.2 Å². The largest absolute Gasteiger partial charge is 0.455 e. The summed E-state index contributed by atoms with van der Waals surface area (Å²) in [6.07, 6.45) is 0. The van der Waals surface area contributed by atoms with Crippen molar-refractivity contribution in [2.24, 2.45) is 0 Å². The molecule has 0 aliphatic heterocycles. The minimum atomic E-state index is -0.367. The number of oxazole rings is 1. The molecule has 0 amide bonds. The second-order valence-corrected chi connectivity index (χ2v) is 5.33. The first-order valence-corrected chi connectivity index (χ1v) is 7.39. The van der Waals surface area contributed by atoms with E-state index in [1.54, 1.807) is 12.1 Å². The van der Waals surface area contributed by atoms with Gasteiger partial charge in [-0.15, -0.1) is 0 Å². The van der Waals surface area contributed by atoms with Gasteiger partial charge in [0.2, 0.25) is 5.89 Å². The number of rotatable bonds is 4. The highest BCUT2D eigenvalue weighted by Gasteiger charge is 2.14. The molecule has 0 spiro atoms. The smallest absolute Gasteiger partial charge is 0.338 e. The van der Waals surface area contributed by atoms with Crippen LogP contribution in [-0.2, 0) is 11.3 Å². The molecule has 0 aliphatic rings. The number of aryl methyl sites for hydroxylation is 2. The molecule has 0 N–H and O–H groups in total. The molecule has 116 valence electrons. The van der Waals surface area contributed by atoms with E-state index in [-0.39, 0.29) is 12.6 Å². The molecule has 2 aromatic carbocycles. The fraction of sp³-hybridized carbons (Fsp3) is 0.158. The van der Waals surface area contributed by atoms with Crippen molar-refractivity contribution in [2.75, 3.05) is 0 Å². The molecule has 0 atom stereocenters. The molecule has 3 aromatic rings. The lowest BCUT2D eigenvalue weighted by Crippen LogP contribution is -2.06. The third kappa shape index (κ3) is 3.48. The summed E-state index contributed by atoms with van der Waals surface area (Å²) in [6, 6.07) is 16.9. The van der Waals surface area contributed by atoms with Crippen LogP contribution in [0.15, 0.2) is 59.0 Å². The summed E-state index contributed by atoms with van der Waals surface area (Å²) in [7, 11) is 0. The number of carbonyl (C=O) groups excluding carboxylic acids is 1. The lowest BCUT2D eigenvalue weighted by Gasteiger charge is -2.03. The topological polar surface area (TPSA) is 52.3 Å². The highest BCUT2D eigenvalue weighted by molar-refractivity contribution is 5.89. The van der Waals surface area contributed by atoms with Crippen LogP contribution in [0.4, 0.5) is 0 Å². The van der Waals surface area contributed by atoms with E-state index in [9.17, 15) is 4.79 Å². The summed E-state index contributed by atoms with van der Waals surface area (Å²) in [5.41, 5.74) is 3.15. The Labute approximate surface area is 134 Å². The van der Waals surface area contributed by atoms with E-state index in [1.807, 2.05) is 56.3 Å². The predicted molar refractivity (Wildman–Crippen MR) is 87.0 cm³/mol. The maximum absolute atomic E-state index is 12.0. The van der Waals surface area contributed by atoms with Crippen LogP contribution in [0.1, 0.15) is 27.4 Å². The van der Waals surface area contributed by atoms with Gasteiger partial charge in [-0.2, -0.15) is 0 Å². The van der Waals surface area contributed by atoms with Gasteiger partial charge in [0.15, 0.2) is 0 Å². The maximum Gasteiger partial charge on any atom is 0.338 e. The number of aromatic nitrogens is 1. The Kier molecular flexibility index (Phi) is 4.24. The summed E-state index contributed by atoms with van der Waals surface area (Å²) in [5.74, 6) is 0.818. The summed E-state index contributed by atoms with van der Waals surface area (Å²) in [5, 5.41) is 0. The van der Waals surface area contributed by atoms with E-state index in [0.29, 0.717) is 22.9 Å².